The van der Waals surface area contributed by atoms with Crippen LogP contribution in [0.5, 0.6) is 11.5 Å². The Balaban J connectivity index is 3.14. The van der Waals surface area contributed by atoms with E-state index in [0.717, 1.165) is 0 Å². The lowest BCUT2D eigenvalue weighted by molar-refractivity contribution is 0.386. The van der Waals surface area contributed by atoms with Gasteiger partial charge in [-0.15, -0.1) is 0 Å². The van der Waals surface area contributed by atoms with E-state index in [2.05, 4.69) is 39.9 Å². The lowest BCUT2D eigenvalue weighted by Crippen LogP contribution is -2.43. The van der Waals surface area contributed by atoms with Crippen LogP contribution in [0.3, 0.4) is 0 Å². The summed E-state index contributed by atoms with van der Waals surface area (Å²) >= 11 is 0. The van der Waals surface area contributed by atoms with Gasteiger partial charge in [0.1, 0.15) is 5.75 Å². The third kappa shape index (κ3) is 3.05. The van der Waals surface area contributed by atoms with Crippen molar-refractivity contribution in [3.05, 3.63) is 23.8 Å². The number of hydrogen-bond acceptors (Lipinski definition) is 3. The Morgan fingerprint density at radius 1 is 1.17 bits per heavy atom. The van der Waals surface area contributed by atoms with Gasteiger partial charge in [-0.2, -0.15) is 5.26 Å². The first-order valence-corrected chi connectivity index (χ1v) is 8.89. The third-order valence-electron chi connectivity index (χ3n) is 3.46. The molecule has 0 saturated heterocycles. The zero-order chi connectivity index (χ0) is 14.0. The van der Waals surface area contributed by atoms with Crippen LogP contribution in [0.15, 0.2) is 18.2 Å². The lowest BCUT2D eigenvalue weighted by Gasteiger charge is -2.36. The second-order valence-corrected chi connectivity index (χ2v) is 10.6. The van der Waals surface area contributed by atoms with E-state index in [1.807, 2.05) is 0 Å². The SMILES string of the molecule is COc1ccc(C#N)cc1O[Si](C)(C)C(C)(C)C. The van der Waals surface area contributed by atoms with E-state index in [1.165, 1.54) is 0 Å². The van der Waals surface area contributed by atoms with Gasteiger partial charge in [0.25, 0.3) is 8.32 Å². The molecular formula is C14H21NO2Si. The molecule has 0 aliphatic carbocycles. The summed E-state index contributed by atoms with van der Waals surface area (Å²) < 4.78 is 11.5. The van der Waals surface area contributed by atoms with Gasteiger partial charge >= 0.3 is 0 Å². The number of rotatable bonds is 3. The molecule has 0 heterocycles. The van der Waals surface area contributed by atoms with Gasteiger partial charge in [-0.3, -0.25) is 0 Å². The fraction of sp³-hybridized carbons (Fsp3) is 0.500. The normalized spacial score (nSPS) is 11.8. The Bertz CT molecular complexity index is 470. The van der Waals surface area contributed by atoms with Crippen molar-refractivity contribution < 1.29 is 9.16 Å². The van der Waals surface area contributed by atoms with Gasteiger partial charge in [0.2, 0.25) is 0 Å². The van der Waals surface area contributed by atoms with Crippen LogP contribution in [-0.4, -0.2) is 15.4 Å². The van der Waals surface area contributed by atoms with Crippen LogP contribution in [-0.2, 0) is 0 Å². The van der Waals surface area contributed by atoms with Crippen LogP contribution in [0.25, 0.3) is 0 Å². The van der Waals surface area contributed by atoms with Crippen molar-refractivity contribution in [2.75, 3.05) is 7.11 Å². The molecule has 0 saturated carbocycles. The molecule has 0 radical (unpaired) electrons. The molecule has 0 unspecified atom stereocenters. The third-order valence-corrected chi connectivity index (χ3v) is 7.81. The second kappa shape index (κ2) is 5.03. The molecule has 4 heteroatoms. The van der Waals surface area contributed by atoms with E-state index in [-0.39, 0.29) is 5.04 Å². The first-order chi connectivity index (χ1) is 8.21. The van der Waals surface area contributed by atoms with Crippen LogP contribution in [0.4, 0.5) is 0 Å². The summed E-state index contributed by atoms with van der Waals surface area (Å²) in [5, 5.41) is 9.06. The molecule has 0 amide bonds. The fourth-order valence-electron chi connectivity index (χ4n) is 1.25. The second-order valence-electron chi connectivity index (χ2n) is 5.84. The maximum atomic E-state index is 8.95. The highest BCUT2D eigenvalue weighted by molar-refractivity contribution is 6.74. The van der Waals surface area contributed by atoms with Crippen molar-refractivity contribution in [2.45, 2.75) is 38.9 Å². The molecule has 1 rings (SSSR count). The summed E-state index contributed by atoms with van der Waals surface area (Å²) in [7, 11) is -0.307. The molecule has 1 aromatic rings. The van der Waals surface area contributed by atoms with Crippen LogP contribution in [0, 0.1) is 11.3 Å². The molecule has 3 nitrogen and oxygen atoms in total. The molecule has 0 spiro atoms. The van der Waals surface area contributed by atoms with Crippen LogP contribution >= 0.6 is 0 Å². The number of hydrogen-bond donors (Lipinski definition) is 0. The molecule has 0 N–H and O–H groups in total. The molecule has 18 heavy (non-hydrogen) atoms. The molecule has 98 valence electrons. The first-order valence-electron chi connectivity index (χ1n) is 5.98. The summed E-state index contributed by atoms with van der Waals surface area (Å²) in [4.78, 5) is 0. The van der Waals surface area contributed by atoms with E-state index < -0.39 is 8.32 Å². The fourth-order valence-corrected chi connectivity index (χ4v) is 2.27. The van der Waals surface area contributed by atoms with Gasteiger partial charge in [-0.25, -0.2) is 0 Å². The number of methoxy groups -OCH3 is 1. The van der Waals surface area contributed by atoms with Crippen molar-refractivity contribution in [1.82, 2.24) is 0 Å². The highest BCUT2D eigenvalue weighted by Crippen LogP contribution is 2.40. The number of benzene rings is 1. The standard InChI is InChI=1S/C14H21NO2Si/c1-14(2,3)18(5,6)17-13-9-11(10-15)7-8-12(13)16-4/h7-9H,1-6H3. The Morgan fingerprint density at radius 2 is 1.78 bits per heavy atom. The Labute approximate surface area is 110 Å². The first kappa shape index (κ1) is 14.6. The minimum atomic E-state index is -1.92. The molecular weight excluding hydrogens is 242 g/mol. The van der Waals surface area contributed by atoms with Crippen molar-refractivity contribution in [2.24, 2.45) is 0 Å². The molecule has 0 fully saturated rings. The number of nitrogens with zero attached hydrogens (tertiary/aromatic N) is 1. The highest BCUT2D eigenvalue weighted by Gasteiger charge is 2.39. The minimum Gasteiger partial charge on any atom is -0.541 e. The smallest absolute Gasteiger partial charge is 0.250 e. The van der Waals surface area contributed by atoms with Crippen LogP contribution in [0.1, 0.15) is 26.3 Å². The summed E-state index contributed by atoms with van der Waals surface area (Å²) in [5.74, 6) is 1.35. The molecule has 0 atom stereocenters. The van der Waals surface area contributed by atoms with Gasteiger partial charge in [-0.1, -0.05) is 20.8 Å². The van der Waals surface area contributed by atoms with Crippen LogP contribution < -0.4 is 9.16 Å². The van der Waals surface area contributed by atoms with Gasteiger partial charge in [0, 0.05) is 6.07 Å². The number of ether oxygens (including phenoxy) is 1. The zero-order valence-electron chi connectivity index (χ0n) is 12.0. The van der Waals surface area contributed by atoms with Gasteiger partial charge in [0.15, 0.2) is 5.75 Å². The van der Waals surface area contributed by atoms with E-state index in [9.17, 15) is 0 Å². The average Bonchev–Trinajstić information content (AvgIpc) is 2.26. The van der Waals surface area contributed by atoms with E-state index >= 15 is 0 Å². The van der Waals surface area contributed by atoms with Crippen molar-refractivity contribution in [3.63, 3.8) is 0 Å². The average molecular weight is 263 g/mol. The summed E-state index contributed by atoms with van der Waals surface area (Å²) in [6.07, 6.45) is 0. The van der Waals surface area contributed by atoms with Gasteiger partial charge in [-0.05, 0) is 30.3 Å². The molecule has 1 aromatic carbocycles. The Morgan fingerprint density at radius 3 is 2.22 bits per heavy atom. The molecule has 0 aliphatic rings. The van der Waals surface area contributed by atoms with Crippen LogP contribution in [0.2, 0.25) is 18.1 Å². The lowest BCUT2D eigenvalue weighted by atomic mass is 10.2. The Hall–Kier alpha value is -1.47. The highest BCUT2D eigenvalue weighted by atomic mass is 28.4. The van der Waals surface area contributed by atoms with Crippen molar-refractivity contribution >= 4 is 8.32 Å². The summed E-state index contributed by atoms with van der Waals surface area (Å²) in [6.45, 7) is 10.9. The molecule has 0 aromatic heterocycles. The summed E-state index contributed by atoms with van der Waals surface area (Å²) in [6, 6.07) is 7.38. The predicted molar refractivity (Wildman–Crippen MR) is 75.5 cm³/mol. The maximum absolute atomic E-state index is 8.95. The largest absolute Gasteiger partial charge is 0.541 e. The van der Waals surface area contributed by atoms with Crippen molar-refractivity contribution in [1.29, 1.82) is 5.26 Å². The molecule has 0 bridgehead atoms. The minimum absolute atomic E-state index is 0.112. The quantitative estimate of drug-likeness (QED) is 0.775. The van der Waals surface area contributed by atoms with E-state index in [4.69, 9.17) is 14.4 Å². The predicted octanol–water partition coefficient (Wildman–Crippen LogP) is 3.95. The van der Waals surface area contributed by atoms with Gasteiger partial charge < -0.3 is 9.16 Å². The van der Waals surface area contributed by atoms with Crippen molar-refractivity contribution in [3.8, 4) is 17.6 Å². The number of nitriles is 1. The Kier molecular flexibility index (Phi) is 4.08. The maximum Gasteiger partial charge on any atom is 0.250 e. The van der Waals surface area contributed by atoms with E-state index in [1.54, 1.807) is 25.3 Å². The molecule has 0 aliphatic heterocycles. The van der Waals surface area contributed by atoms with Gasteiger partial charge in [0.05, 0.1) is 18.7 Å². The monoisotopic (exact) mass is 263 g/mol. The topological polar surface area (TPSA) is 42.2 Å². The zero-order valence-corrected chi connectivity index (χ0v) is 13.0. The van der Waals surface area contributed by atoms with E-state index in [0.29, 0.717) is 17.1 Å². The summed E-state index contributed by atoms with van der Waals surface area (Å²) in [5.41, 5.74) is 0.588.